The first-order valence-corrected chi connectivity index (χ1v) is 8.72. The molecule has 0 aliphatic heterocycles. The molecule has 0 saturated heterocycles. The maximum Gasteiger partial charge on any atom is 0.182 e. The van der Waals surface area contributed by atoms with Crippen LogP contribution in [0.3, 0.4) is 0 Å². The molecular formula is C20H22ClNO. The zero-order valence-corrected chi connectivity index (χ0v) is 14.0. The molecule has 0 aromatic heterocycles. The SMILES string of the molecule is O=C(CN(c1cccc(Cl)c1)C1CCCCC1)c1ccccc1. The van der Waals surface area contributed by atoms with Crippen LogP contribution in [0.4, 0.5) is 5.69 Å². The van der Waals surface area contributed by atoms with Crippen molar-refractivity contribution in [2.75, 3.05) is 11.4 Å². The van der Waals surface area contributed by atoms with Crippen LogP contribution in [0.15, 0.2) is 54.6 Å². The van der Waals surface area contributed by atoms with Crippen LogP contribution in [-0.2, 0) is 0 Å². The van der Waals surface area contributed by atoms with E-state index in [1.165, 1.54) is 19.3 Å². The Hall–Kier alpha value is -1.80. The molecule has 0 amide bonds. The van der Waals surface area contributed by atoms with Crippen LogP contribution >= 0.6 is 11.6 Å². The third-order valence-electron chi connectivity index (χ3n) is 4.57. The van der Waals surface area contributed by atoms with Crippen molar-refractivity contribution in [1.82, 2.24) is 0 Å². The third-order valence-corrected chi connectivity index (χ3v) is 4.80. The molecule has 0 unspecified atom stereocenters. The largest absolute Gasteiger partial charge is 0.361 e. The fourth-order valence-electron chi connectivity index (χ4n) is 3.35. The van der Waals surface area contributed by atoms with Gasteiger partial charge in [0, 0.05) is 22.3 Å². The van der Waals surface area contributed by atoms with E-state index in [1.54, 1.807) is 0 Å². The molecule has 1 saturated carbocycles. The number of carbonyl (C=O) groups is 1. The molecule has 0 spiro atoms. The van der Waals surface area contributed by atoms with E-state index < -0.39 is 0 Å². The van der Waals surface area contributed by atoms with Gasteiger partial charge in [-0.3, -0.25) is 4.79 Å². The maximum absolute atomic E-state index is 12.7. The summed E-state index contributed by atoms with van der Waals surface area (Å²) in [6.07, 6.45) is 6.07. The van der Waals surface area contributed by atoms with Crippen molar-refractivity contribution in [2.45, 2.75) is 38.1 Å². The number of anilines is 1. The lowest BCUT2D eigenvalue weighted by Gasteiger charge is -2.36. The van der Waals surface area contributed by atoms with Gasteiger partial charge in [-0.1, -0.05) is 67.3 Å². The number of rotatable bonds is 5. The Morgan fingerprint density at radius 2 is 1.74 bits per heavy atom. The van der Waals surface area contributed by atoms with E-state index in [1.807, 2.05) is 48.5 Å². The van der Waals surface area contributed by atoms with E-state index in [2.05, 4.69) is 11.0 Å². The Labute approximate surface area is 143 Å². The van der Waals surface area contributed by atoms with Gasteiger partial charge in [0.2, 0.25) is 0 Å². The van der Waals surface area contributed by atoms with E-state index in [-0.39, 0.29) is 5.78 Å². The van der Waals surface area contributed by atoms with Crippen molar-refractivity contribution >= 4 is 23.1 Å². The van der Waals surface area contributed by atoms with Crippen molar-refractivity contribution < 1.29 is 4.79 Å². The zero-order chi connectivity index (χ0) is 16.1. The molecular weight excluding hydrogens is 306 g/mol. The van der Waals surface area contributed by atoms with Crippen LogP contribution in [0.25, 0.3) is 0 Å². The lowest BCUT2D eigenvalue weighted by Crippen LogP contribution is -2.40. The Kier molecular flexibility index (Phi) is 5.35. The second-order valence-electron chi connectivity index (χ2n) is 6.19. The average molecular weight is 328 g/mol. The fourth-order valence-corrected chi connectivity index (χ4v) is 3.53. The van der Waals surface area contributed by atoms with Gasteiger partial charge < -0.3 is 4.90 Å². The first-order chi connectivity index (χ1) is 11.2. The minimum atomic E-state index is 0.163. The summed E-state index contributed by atoms with van der Waals surface area (Å²) in [5, 5.41) is 0.718. The summed E-state index contributed by atoms with van der Waals surface area (Å²) in [6, 6.07) is 17.8. The standard InChI is InChI=1S/C20H22ClNO/c21-17-10-7-13-19(14-17)22(18-11-5-2-6-12-18)15-20(23)16-8-3-1-4-9-16/h1,3-4,7-10,13-14,18H,2,5-6,11-12,15H2. The van der Waals surface area contributed by atoms with Crippen molar-refractivity contribution in [3.05, 3.63) is 65.2 Å². The van der Waals surface area contributed by atoms with Gasteiger partial charge in [-0.15, -0.1) is 0 Å². The van der Waals surface area contributed by atoms with Gasteiger partial charge >= 0.3 is 0 Å². The van der Waals surface area contributed by atoms with Gasteiger partial charge in [-0.2, -0.15) is 0 Å². The molecule has 1 fully saturated rings. The van der Waals surface area contributed by atoms with Gasteiger partial charge in [-0.05, 0) is 31.0 Å². The van der Waals surface area contributed by atoms with E-state index in [0.29, 0.717) is 12.6 Å². The van der Waals surface area contributed by atoms with Crippen LogP contribution in [-0.4, -0.2) is 18.4 Å². The monoisotopic (exact) mass is 327 g/mol. The number of nitrogens with zero attached hydrogens (tertiary/aromatic N) is 1. The first-order valence-electron chi connectivity index (χ1n) is 8.34. The van der Waals surface area contributed by atoms with Crippen molar-refractivity contribution in [3.8, 4) is 0 Å². The average Bonchev–Trinajstić information content (AvgIpc) is 2.61. The molecule has 0 radical (unpaired) electrons. The summed E-state index contributed by atoms with van der Waals surface area (Å²) in [6.45, 7) is 0.412. The summed E-state index contributed by atoms with van der Waals surface area (Å²) in [5.74, 6) is 0.163. The Balaban J connectivity index is 1.84. The Bertz CT molecular complexity index is 650. The highest BCUT2D eigenvalue weighted by atomic mass is 35.5. The van der Waals surface area contributed by atoms with Gasteiger partial charge in [0.25, 0.3) is 0 Å². The van der Waals surface area contributed by atoms with E-state index in [0.717, 1.165) is 29.1 Å². The van der Waals surface area contributed by atoms with Crippen LogP contribution in [0.5, 0.6) is 0 Å². The summed E-state index contributed by atoms with van der Waals surface area (Å²) < 4.78 is 0. The molecule has 120 valence electrons. The molecule has 3 heteroatoms. The minimum absolute atomic E-state index is 0.163. The highest BCUT2D eigenvalue weighted by Crippen LogP contribution is 2.29. The molecule has 0 atom stereocenters. The number of hydrogen-bond donors (Lipinski definition) is 0. The molecule has 3 rings (SSSR count). The van der Waals surface area contributed by atoms with Crippen molar-refractivity contribution in [1.29, 1.82) is 0 Å². The van der Waals surface area contributed by atoms with E-state index >= 15 is 0 Å². The zero-order valence-electron chi connectivity index (χ0n) is 13.2. The molecule has 0 heterocycles. The molecule has 0 N–H and O–H groups in total. The summed E-state index contributed by atoms with van der Waals surface area (Å²) >= 11 is 6.17. The molecule has 0 bridgehead atoms. The normalized spacial score (nSPS) is 15.3. The molecule has 2 aromatic rings. The van der Waals surface area contributed by atoms with Gasteiger partial charge in [0.05, 0.1) is 6.54 Å². The smallest absolute Gasteiger partial charge is 0.182 e. The third kappa shape index (κ3) is 4.14. The highest BCUT2D eigenvalue weighted by Gasteiger charge is 2.24. The number of ketones is 1. The summed E-state index contributed by atoms with van der Waals surface area (Å²) in [7, 11) is 0. The van der Waals surface area contributed by atoms with Gasteiger partial charge in [0.15, 0.2) is 5.78 Å². The molecule has 1 aliphatic carbocycles. The topological polar surface area (TPSA) is 20.3 Å². The van der Waals surface area contributed by atoms with Gasteiger partial charge in [0.1, 0.15) is 0 Å². The Morgan fingerprint density at radius 1 is 1.00 bits per heavy atom. The highest BCUT2D eigenvalue weighted by molar-refractivity contribution is 6.30. The second kappa shape index (κ2) is 7.65. The van der Waals surface area contributed by atoms with Crippen LogP contribution in [0, 0.1) is 0 Å². The fraction of sp³-hybridized carbons (Fsp3) is 0.350. The number of carbonyl (C=O) groups excluding carboxylic acids is 1. The van der Waals surface area contributed by atoms with Crippen molar-refractivity contribution in [2.24, 2.45) is 0 Å². The van der Waals surface area contributed by atoms with Crippen LogP contribution in [0.2, 0.25) is 5.02 Å². The number of halogens is 1. The number of Topliss-reactive ketones (excluding diaryl/α,β-unsaturated/α-hetero) is 1. The predicted molar refractivity (Wildman–Crippen MR) is 96.4 cm³/mol. The van der Waals surface area contributed by atoms with Crippen molar-refractivity contribution in [3.63, 3.8) is 0 Å². The minimum Gasteiger partial charge on any atom is -0.361 e. The summed E-state index contributed by atoms with van der Waals surface area (Å²) in [5.41, 5.74) is 1.82. The molecule has 1 aliphatic rings. The van der Waals surface area contributed by atoms with Crippen LogP contribution in [0.1, 0.15) is 42.5 Å². The van der Waals surface area contributed by atoms with E-state index in [9.17, 15) is 4.79 Å². The van der Waals surface area contributed by atoms with E-state index in [4.69, 9.17) is 11.6 Å². The lowest BCUT2D eigenvalue weighted by atomic mass is 9.93. The molecule has 2 aromatic carbocycles. The summed E-state index contributed by atoms with van der Waals surface area (Å²) in [4.78, 5) is 14.9. The quantitative estimate of drug-likeness (QED) is 0.689. The maximum atomic E-state index is 12.7. The van der Waals surface area contributed by atoms with Gasteiger partial charge in [-0.25, -0.2) is 0 Å². The predicted octanol–water partition coefficient (Wildman–Crippen LogP) is 5.36. The number of hydrogen-bond acceptors (Lipinski definition) is 2. The number of benzene rings is 2. The van der Waals surface area contributed by atoms with Crippen LogP contribution < -0.4 is 4.90 Å². The molecule has 2 nitrogen and oxygen atoms in total. The lowest BCUT2D eigenvalue weighted by molar-refractivity contribution is 0.0995. The second-order valence-corrected chi connectivity index (χ2v) is 6.63. The molecule has 23 heavy (non-hydrogen) atoms. The Morgan fingerprint density at radius 3 is 2.43 bits per heavy atom. The first kappa shape index (κ1) is 16.1.